The normalized spacial score (nSPS) is 28.8. The van der Waals surface area contributed by atoms with Crippen molar-refractivity contribution in [2.24, 2.45) is 5.92 Å². The molecule has 6 heteroatoms. The number of benzene rings is 1. The van der Waals surface area contributed by atoms with Crippen molar-refractivity contribution < 1.29 is 24.2 Å². The number of phenolic OH excluding ortho intramolecular Hbond substituents is 1. The number of ether oxygens (including phenoxy) is 2. The Labute approximate surface area is 147 Å². The molecule has 0 saturated carbocycles. The molecule has 2 bridgehead atoms. The molecule has 0 unspecified atom stereocenters. The Balaban J connectivity index is 1.81. The van der Waals surface area contributed by atoms with Gasteiger partial charge in [-0.1, -0.05) is 12.1 Å². The minimum atomic E-state index is -0.602. The summed E-state index contributed by atoms with van der Waals surface area (Å²) in [6, 6.07) is 6.59. The van der Waals surface area contributed by atoms with Crippen LogP contribution >= 0.6 is 0 Å². The van der Waals surface area contributed by atoms with Gasteiger partial charge in [0.1, 0.15) is 23.3 Å². The molecule has 136 valence electrons. The number of hydrogen-bond acceptors (Lipinski definition) is 6. The summed E-state index contributed by atoms with van der Waals surface area (Å²) in [6.45, 7) is 3.62. The smallest absolute Gasteiger partial charge is 0.342 e. The first kappa shape index (κ1) is 17.7. The number of aromatic hydroxyl groups is 1. The molecular weight excluding hydrogens is 322 g/mol. The fourth-order valence-corrected chi connectivity index (χ4v) is 4.01. The Morgan fingerprint density at radius 3 is 2.64 bits per heavy atom. The van der Waals surface area contributed by atoms with Gasteiger partial charge in [-0.15, -0.1) is 0 Å². The van der Waals surface area contributed by atoms with Crippen molar-refractivity contribution in [1.29, 1.82) is 0 Å². The molecule has 2 saturated heterocycles. The maximum absolute atomic E-state index is 12.6. The zero-order chi connectivity index (χ0) is 18.1. The predicted octanol–water partition coefficient (Wildman–Crippen LogP) is 2.35. The number of esters is 2. The number of rotatable bonds is 4. The minimum Gasteiger partial charge on any atom is -0.507 e. The monoisotopic (exact) mass is 347 g/mol. The van der Waals surface area contributed by atoms with E-state index in [-0.39, 0.29) is 29.4 Å². The summed E-state index contributed by atoms with van der Waals surface area (Å²) < 4.78 is 11.1. The first-order valence-electron chi connectivity index (χ1n) is 8.80. The average molecular weight is 347 g/mol. The molecule has 0 aliphatic carbocycles. The third kappa shape index (κ3) is 3.49. The fraction of sp³-hybridized carbons (Fsp3) is 0.579. The van der Waals surface area contributed by atoms with Crippen LogP contribution in [0.5, 0.6) is 5.75 Å². The SMILES string of the molecule is CC(C)OC(=O)[C@H]1[C@@H](OC(=O)c2ccccc2O)C[C@@H]2CC[C@H]1N2C. The molecule has 2 heterocycles. The van der Waals surface area contributed by atoms with Crippen LogP contribution in [-0.4, -0.2) is 53.3 Å². The standard InChI is InChI=1S/C19H25NO5/c1-11(2)24-19(23)17-14-9-8-12(20(14)3)10-16(17)25-18(22)13-6-4-5-7-15(13)21/h4-7,11-12,14,16-17,21H,8-10H2,1-3H3/t12-,14+,16-,17+/m0/s1. The number of nitrogens with zero attached hydrogens (tertiary/aromatic N) is 1. The van der Waals surface area contributed by atoms with Crippen LogP contribution in [-0.2, 0) is 14.3 Å². The van der Waals surface area contributed by atoms with E-state index in [1.165, 1.54) is 12.1 Å². The number of phenols is 1. The number of hydrogen-bond donors (Lipinski definition) is 1. The molecule has 1 aromatic carbocycles. The van der Waals surface area contributed by atoms with E-state index in [0.717, 1.165) is 12.8 Å². The Hall–Kier alpha value is -2.08. The van der Waals surface area contributed by atoms with Crippen LogP contribution in [0.1, 0.15) is 43.5 Å². The summed E-state index contributed by atoms with van der Waals surface area (Å²) in [4.78, 5) is 27.3. The third-order valence-electron chi connectivity index (χ3n) is 5.22. The van der Waals surface area contributed by atoms with Crippen molar-refractivity contribution in [2.75, 3.05) is 7.05 Å². The molecule has 0 radical (unpaired) electrons. The Kier molecular flexibility index (Phi) is 4.99. The van der Waals surface area contributed by atoms with E-state index < -0.39 is 18.0 Å². The molecule has 0 spiro atoms. The van der Waals surface area contributed by atoms with Crippen LogP contribution in [0.15, 0.2) is 24.3 Å². The second-order valence-corrected chi connectivity index (χ2v) is 7.17. The van der Waals surface area contributed by atoms with Gasteiger partial charge in [0.2, 0.25) is 0 Å². The summed E-state index contributed by atoms with van der Waals surface area (Å²) in [6.07, 6.45) is 1.73. The molecule has 1 aromatic rings. The molecule has 0 aromatic heterocycles. The highest BCUT2D eigenvalue weighted by Crippen LogP contribution is 2.40. The zero-order valence-electron chi connectivity index (χ0n) is 14.8. The largest absolute Gasteiger partial charge is 0.507 e. The molecule has 2 aliphatic heterocycles. The number of carbonyl (C=O) groups excluding carboxylic acids is 2. The summed E-state index contributed by atoms with van der Waals surface area (Å²) in [7, 11) is 2.01. The van der Waals surface area contributed by atoms with E-state index in [1.807, 2.05) is 20.9 Å². The van der Waals surface area contributed by atoms with Gasteiger partial charge in [0.25, 0.3) is 0 Å². The highest BCUT2D eigenvalue weighted by Gasteiger charge is 2.51. The lowest BCUT2D eigenvalue weighted by Gasteiger charge is -2.41. The highest BCUT2D eigenvalue weighted by molar-refractivity contribution is 5.92. The second-order valence-electron chi connectivity index (χ2n) is 7.17. The van der Waals surface area contributed by atoms with Gasteiger partial charge in [0.15, 0.2) is 0 Å². The number of fused-ring (bicyclic) bond motifs is 2. The summed E-state index contributed by atoms with van der Waals surface area (Å²) >= 11 is 0. The van der Waals surface area contributed by atoms with Crippen LogP contribution in [0, 0.1) is 5.92 Å². The lowest BCUT2D eigenvalue weighted by Crippen LogP contribution is -2.54. The number of piperidine rings is 1. The van der Waals surface area contributed by atoms with E-state index in [1.54, 1.807) is 12.1 Å². The number of para-hydroxylation sites is 1. The molecule has 25 heavy (non-hydrogen) atoms. The quantitative estimate of drug-likeness (QED) is 0.843. The van der Waals surface area contributed by atoms with E-state index in [0.29, 0.717) is 12.5 Å². The van der Waals surface area contributed by atoms with Crippen LogP contribution in [0.2, 0.25) is 0 Å². The molecule has 2 aliphatic rings. The first-order chi connectivity index (χ1) is 11.9. The zero-order valence-corrected chi connectivity index (χ0v) is 14.8. The molecule has 1 N–H and O–H groups in total. The molecular formula is C19H25NO5. The van der Waals surface area contributed by atoms with Gasteiger partial charge in [-0.05, 0) is 45.9 Å². The van der Waals surface area contributed by atoms with Gasteiger partial charge in [0, 0.05) is 18.5 Å². The lowest BCUT2D eigenvalue weighted by atomic mass is 9.87. The van der Waals surface area contributed by atoms with E-state index in [4.69, 9.17) is 9.47 Å². The van der Waals surface area contributed by atoms with Crippen molar-refractivity contribution in [2.45, 2.75) is 57.4 Å². The van der Waals surface area contributed by atoms with Gasteiger partial charge < -0.3 is 14.6 Å². The summed E-state index contributed by atoms with van der Waals surface area (Å²) in [5.74, 6) is -1.54. The van der Waals surface area contributed by atoms with Crippen LogP contribution < -0.4 is 0 Å². The second kappa shape index (κ2) is 7.04. The molecule has 3 rings (SSSR count). The van der Waals surface area contributed by atoms with Gasteiger partial charge in [-0.2, -0.15) is 0 Å². The van der Waals surface area contributed by atoms with Crippen molar-refractivity contribution in [3.63, 3.8) is 0 Å². The topological polar surface area (TPSA) is 76.1 Å². The number of carbonyl (C=O) groups is 2. The van der Waals surface area contributed by atoms with Crippen molar-refractivity contribution in [3.05, 3.63) is 29.8 Å². The Morgan fingerprint density at radius 1 is 1.24 bits per heavy atom. The maximum Gasteiger partial charge on any atom is 0.342 e. The molecule has 6 nitrogen and oxygen atoms in total. The maximum atomic E-state index is 12.6. The van der Waals surface area contributed by atoms with E-state index in [2.05, 4.69) is 4.90 Å². The van der Waals surface area contributed by atoms with Gasteiger partial charge in [-0.25, -0.2) is 4.79 Å². The Morgan fingerprint density at radius 2 is 1.96 bits per heavy atom. The van der Waals surface area contributed by atoms with Gasteiger partial charge in [0.05, 0.1) is 6.10 Å². The van der Waals surface area contributed by atoms with Crippen molar-refractivity contribution in [3.8, 4) is 5.75 Å². The third-order valence-corrected chi connectivity index (χ3v) is 5.22. The minimum absolute atomic E-state index is 0.0205. The molecule has 4 atom stereocenters. The van der Waals surface area contributed by atoms with Crippen LogP contribution in [0.3, 0.4) is 0 Å². The van der Waals surface area contributed by atoms with E-state index in [9.17, 15) is 14.7 Å². The predicted molar refractivity (Wildman–Crippen MR) is 91.2 cm³/mol. The Bertz CT molecular complexity index is 659. The lowest BCUT2D eigenvalue weighted by molar-refractivity contribution is -0.162. The first-order valence-corrected chi connectivity index (χ1v) is 8.80. The van der Waals surface area contributed by atoms with Crippen LogP contribution in [0.25, 0.3) is 0 Å². The summed E-state index contributed by atoms with van der Waals surface area (Å²) in [5, 5.41) is 9.86. The van der Waals surface area contributed by atoms with Crippen LogP contribution in [0.4, 0.5) is 0 Å². The fourth-order valence-electron chi connectivity index (χ4n) is 4.01. The van der Waals surface area contributed by atoms with Crippen molar-refractivity contribution in [1.82, 2.24) is 4.90 Å². The average Bonchev–Trinajstić information content (AvgIpc) is 2.78. The van der Waals surface area contributed by atoms with E-state index >= 15 is 0 Å². The van der Waals surface area contributed by atoms with Gasteiger partial charge in [-0.3, -0.25) is 9.69 Å². The molecule has 2 fully saturated rings. The molecule has 0 amide bonds. The highest BCUT2D eigenvalue weighted by atomic mass is 16.6. The van der Waals surface area contributed by atoms with Crippen molar-refractivity contribution >= 4 is 11.9 Å². The summed E-state index contributed by atoms with van der Waals surface area (Å²) in [5.41, 5.74) is 0.116. The van der Waals surface area contributed by atoms with Gasteiger partial charge >= 0.3 is 11.9 Å².